The van der Waals surface area contributed by atoms with Gasteiger partial charge in [0, 0.05) is 39.7 Å². The topological polar surface area (TPSA) is 122 Å². The molecule has 43 heavy (non-hydrogen) atoms. The maximum absolute atomic E-state index is 12.1. The quantitative estimate of drug-likeness (QED) is 0.218. The van der Waals surface area contributed by atoms with E-state index in [2.05, 4.69) is 36.0 Å². The Morgan fingerprint density at radius 3 is 1.79 bits per heavy atom. The van der Waals surface area contributed by atoms with E-state index in [1.54, 1.807) is 17.2 Å². The molecule has 0 aromatic heterocycles. The number of amides is 2. The normalized spacial score (nSPS) is 23.5. The van der Waals surface area contributed by atoms with Gasteiger partial charge in [0.2, 0.25) is 0 Å². The van der Waals surface area contributed by atoms with Crippen LogP contribution >= 0.6 is 35.0 Å². The van der Waals surface area contributed by atoms with E-state index < -0.39 is 16.7 Å². The van der Waals surface area contributed by atoms with Crippen molar-refractivity contribution in [2.75, 3.05) is 63.3 Å². The molecule has 2 aromatic carbocycles. The highest BCUT2D eigenvalue weighted by molar-refractivity contribution is 7.99. The van der Waals surface area contributed by atoms with Crippen LogP contribution in [0.25, 0.3) is 0 Å². The average Bonchev–Trinajstić information content (AvgIpc) is 2.98. The molecule has 0 radical (unpaired) electrons. The summed E-state index contributed by atoms with van der Waals surface area (Å²) in [6, 6.07) is 15.9. The van der Waals surface area contributed by atoms with Crippen LogP contribution in [-0.4, -0.2) is 99.5 Å². The second-order valence-electron chi connectivity index (χ2n) is 11.3. The van der Waals surface area contributed by atoms with E-state index in [0.717, 1.165) is 49.8 Å². The molecule has 2 aromatic rings. The molecule has 5 atom stereocenters. The molecule has 0 bridgehead atoms. The van der Waals surface area contributed by atoms with Crippen molar-refractivity contribution >= 4 is 57.6 Å². The Morgan fingerprint density at radius 2 is 1.30 bits per heavy atom. The van der Waals surface area contributed by atoms with Gasteiger partial charge in [-0.1, -0.05) is 47.5 Å². The highest BCUT2D eigenvalue weighted by Crippen LogP contribution is 2.35. The molecule has 0 aliphatic carbocycles. The summed E-state index contributed by atoms with van der Waals surface area (Å²) >= 11 is 13.5. The molecule has 2 saturated heterocycles. The van der Waals surface area contributed by atoms with Gasteiger partial charge in [0.1, 0.15) is 5.75 Å². The van der Waals surface area contributed by atoms with Gasteiger partial charge >= 0.3 is 0 Å². The van der Waals surface area contributed by atoms with Crippen molar-refractivity contribution in [1.82, 2.24) is 20.8 Å². The first-order valence-corrected chi connectivity index (χ1v) is 17.7. The average molecular weight is 674 g/mol. The van der Waals surface area contributed by atoms with Crippen molar-refractivity contribution in [2.45, 2.75) is 24.7 Å². The SMILES string of the molecule is CN1CC[C@H](c2ccc(Cl)cc2)[C@@H](CS(=O)CC(=O)NO)C1.CN1CC[C@H](c2ccc(Cl)cc2)[C@@H](CSCC(=O)NO)C1. The number of nitrogens with zero attached hydrogens (tertiary/aromatic N) is 2. The number of piperidine rings is 2. The molecule has 13 heteroatoms. The number of halogens is 2. The summed E-state index contributed by atoms with van der Waals surface area (Å²) in [5, 5.41) is 18.5. The second kappa shape index (κ2) is 18.3. The van der Waals surface area contributed by atoms with E-state index in [9.17, 15) is 13.8 Å². The van der Waals surface area contributed by atoms with Crippen LogP contribution in [0.1, 0.15) is 35.8 Å². The monoisotopic (exact) mass is 672 g/mol. The zero-order valence-electron chi connectivity index (χ0n) is 24.6. The number of rotatable bonds is 10. The van der Waals surface area contributed by atoms with Crippen LogP contribution in [0.2, 0.25) is 10.0 Å². The number of benzene rings is 2. The third-order valence-electron chi connectivity index (χ3n) is 7.98. The predicted molar refractivity (Wildman–Crippen MR) is 175 cm³/mol. The summed E-state index contributed by atoms with van der Waals surface area (Å²) < 4.78 is 12.1. The van der Waals surface area contributed by atoms with Gasteiger partial charge in [-0.3, -0.25) is 24.2 Å². The molecular weight excluding hydrogens is 631 g/mol. The van der Waals surface area contributed by atoms with E-state index in [4.69, 9.17) is 33.6 Å². The van der Waals surface area contributed by atoms with E-state index in [0.29, 0.717) is 34.3 Å². The highest BCUT2D eigenvalue weighted by atomic mass is 35.5. The zero-order valence-corrected chi connectivity index (χ0v) is 27.7. The maximum atomic E-state index is 12.1. The van der Waals surface area contributed by atoms with Gasteiger partial charge in [0.15, 0.2) is 0 Å². The van der Waals surface area contributed by atoms with Crippen LogP contribution in [0.4, 0.5) is 0 Å². The Hall–Kier alpha value is -1.70. The largest absolute Gasteiger partial charge is 0.306 e. The van der Waals surface area contributed by atoms with E-state index >= 15 is 0 Å². The van der Waals surface area contributed by atoms with Crippen molar-refractivity contribution in [2.24, 2.45) is 11.8 Å². The smallest absolute Gasteiger partial charge is 0.255 e. The van der Waals surface area contributed by atoms with Gasteiger partial charge < -0.3 is 9.80 Å². The predicted octanol–water partition coefficient (Wildman–Crippen LogP) is 4.24. The summed E-state index contributed by atoms with van der Waals surface area (Å²) in [4.78, 5) is 26.8. The Kier molecular flexibility index (Phi) is 15.2. The third kappa shape index (κ3) is 12.0. The lowest BCUT2D eigenvalue weighted by Crippen LogP contribution is -2.40. The lowest BCUT2D eigenvalue weighted by Gasteiger charge is -2.37. The Balaban J connectivity index is 0.000000236. The minimum atomic E-state index is -1.29. The van der Waals surface area contributed by atoms with Crippen molar-refractivity contribution in [3.63, 3.8) is 0 Å². The van der Waals surface area contributed by atoms with Gasteiger partial charge in [-0.25, -0.2) is 11.0 Å². The number of hydroxylamine groups is 2. The van der Waals surface area contributed by atoms with Gasteiger partial charge in [-0.15, -0.1) is 0 Å². The molecule has 2 aliphatic rings. The second-order valence-corrected chi connectivity index (χ2v) is 14.7. The van der Waals surface area contributed by atoms with Gasteiger partial charge in [0.25, 0.3) is 11.8 Å². The molecule has 4 rings (SSSR count). The number of hydrogen-bond acceptors (Lipinski definition) is 8. The van der Waals surface area contributed by atoms with Crippen LogP contribution in [0.5, 0.6) is 0 Å². The lowest BCUT2D eigenvalue weighted by molar-refractivity contribution is -0.127. The number of thioether (sulfide) groups is 1. The Bertz CT molecular complexity index is 1190. The van der Waals surface area contributed by atoms with Crippen LogP contribution in [0.3, 0.4) is 0 Å². The first kappa shape index (κ1) is 35.8. The molecule has 2 aliphatic heterocycles. The van der Waals surface area contributed by atoms with Crippen molar-refractivity contribution in [3.8, 4) is 0 Å². The fourth-order valence-corrected chi connectivity index (χ4v) is 8.43. The van der Waals surface area contributed by atoms with Gasteiger partial charge in [-0.2, -0.15) is 11.8 Å². The summed E-state index contributed by atoms with van der Waals surface area (Å²) in [5.41, 5.74) is 5.73. The molecule has 4 N–H and O–H groups in total. The number of nitrogens with one attached hydrogen (secondary N) is 2. The van der Waals surface area contributed by atoms with Crippen LogP contribution in [0, 0.1) is 11.8 Å². The van der Waals surface area contributed by atoms with E-state index in [1.165, 1.54) is 16.6 Å². The molecule has 9 nitrogen and oxygen atoms in total. The Morgan fingerprint density at radius 1 is 0.837 bits per heavy atom. The van der Waals surface area contributed by atoms with Crippen LogP contribution < -0.4 is 11.0 Å². The summed E-state index contributed by atoms with van der Waals surface area (Å²) in [6.45, 7) is 3.96. The summed E-state index contributed by atoms with van der Waals surface area (Å²) in [6.07, 6.45) is 2.11. The number of carbonyl (C=O) groups excluding carboxylic acids is 2. The standard InChI is InChI=1S/C15H21ClN2O3S.C15H21ClN2O2S/c1-18-7-6-14(11-2-4-13(16)5-3-11)12(8-18)9-22(21)10-15(19)17-20;1-18-7-6-14(11-2-4-13(16)5-3-11)12(8-18)9-21-10-15(19)17-20/h2-5,12,14,20H,6-10H2,1H3,(H,17,19);2-5,12,14,20H,6-10H2,1H3,(H,17,19)/t12-,14-,22?;12-,14-/m11/s1. The van der Waals surface area contributed by atoms with Crippen LogP contribution in [0.15, 0.2) is 48.5 Å². The maximum Gasteiger partial charge on any atom is 0.255 e. The lowest BCUT2D eigenvalue weighted by atomic mass is 9.81. The molecule has 0 spiro atoms. The molecule has 1 unspecified atom stereocenters. The van der Waals surface area contributed by atoms with Crippen molar-refractivity contribution < 1.29 is 24.2 Å². The zero-order chi connectivity index (χ0) is 31.4. The molecule has 2 heterocycles. The summed E-state index contributed by atoms with van der Waals surface area (Å²) in [5.74, 6) is 2.08. The molecule has 0 saturated carbocycles. The molecule has 238 valence electrons. The molecular formula is C30H42Cl2N4O5S2. The third-order valence-corrected chi connectivity index (χ3v) is 11.0. The summed E-state index contributed by atoms with van der Waals surface area (Å²) in [7, 11) is 2.90. The van der Waals surface area contributed by atoms with Crippen molar-refractivity contribution in [1.29, 1.82) is 0 Å². The minimum Gasteiger partial charge on any atom is -0.306 e. The molecule has 2 fully saturated rings. The number of hydrogen-bond donors (Lipinski definition) is 4. The van der Waals surface area contributed by atoms with Crippen molar-refractivity contribution in [3.05, 3.63) is 69.7 Å². The number of carbonyl (C=O) groups is 2. The van der Waals surface area contributed by atoms with Gasteiger partial charge in [-0.05, 0) is 105 Å². The number of likely N-dealkylation sites (tertiary alicyclic amines) is 2. The first-order chi connectivity index (χ1) is 20.6. The fraction of sp³-hybridized carbons (Fsp3) is 0.533. The van der Waals surface area contributed by atoms with E-state index in [1.807, 2.05) is 36.4 Å². The Labute approximate surface area is 271 Å². The van der Waals surface area contributed by atoms with Gasteiger partial charge in [0.05, 0.1) is 5.75 Å². The molecule has 2 amide bonds. The van der Waals surface area contributed by atoms with Crippen LogP contribution in [-0.2, 0) is 20.4 Å². The fourth-order valence-electron chi connectivity index (χ4n) is 5.87. The van der Waals surface area contributed by atoms with E-state index in [-0.39, 0.29) is 17.6 Å². The first-order valence-electron chi connectivity index (χ1n) is 14.3. The highest BCUT2D eigenvalue weighted by Gasteiger charge is 2.31. The minimum absolute atomic E-state index is 0.163.